The largest absolute Gasteiger partial charge is 0.383 e. The van der Waals surface area contributed by atoms with Crippen molar-refractivity contribution in [2.45, 2.75) is 32.4 Å². The molecule has 2 unspecified atom stereocenters. The van der Waals surface area contributed by atoms with Gasteiger partial charge >= 0.3 is 0 Å². The van der Waals surface area contributed by atoms with E-state index in [0.29, 0.717) is 24.3 Å². The van der Waals surface area contributed by atoms with Crippen LogP contribution in [0.25, 0.3) is 10.9 Å². The Labute approximate surface area is 137 Å². The predicted molar refractivity (Wildman–Crippen MR) is 92.8 cm³/mol. The van der Waals surface area contributed by atoms with Crippen molar-refractivity contribution in [3.63, 3.8) is 0 Å². The smallest absolute Gasteiger partial charge is 0.145 e. The van der Waals surface area contributed by atoms with Crippen LogP contribution in [0.5, 0.6) is 0 Å². The van der Waals surface area contributed by atoms with Gasteiger partial charge in [0.05, 0.1) is 12.1 Å². The molecule has 120 valence electrons. The van der Waals surface area contributed by atoms with Gasteiger partial charge in [-0.2, -0.15) is 0 Å². The highest BCUT2D eigenvalue weighted by atomic mass is 35.5. The number of fused-ring (bicyclic) bond motifs is 1. The van der Waals surface area contributed by atoms with E-state index < -0.39 is 0 Å². The summed E-state index contributed by atoms with van der Waals surface area (Å²) >= 11 is 0. The molecule has 1 fully saturated rings. The lowest BCUT2D eigenvalue weighted by molar-refractivity contribution is 0.0965. The first kappa shape index (κ1) is 16.9. The van der Waals surface area contributed by atoms with Crippen LogP contribution in [0.2, 0.25) is 0 Å². The molecule has 1 aromatic heterocycles. The van der Waals surface area contributed by atoms with Crippen LogP contribution in [-0.4, -0.2) is 34.0 Å². The Morgan fingerprint density at radius 1 is 1.27 bits per heavy atom. The number of hydrogen-bond acceptors (Lipinski definition) is 5. The molecule has 6 heteroatoms. The molecule has 1 aromatic carbocycles. The standard InChI is InChI=1S/C16H23N5.ClH/c1-11-5-4-8-21(14(11)9-17)10-15-19-13-7-3-2-6-12(13)16(18)20-15;/h2-3,6-7,11,14H,4-5,8-10,17H2,1H3,(H2,18,19,20);1H. The molecule has 2 aromatic rings. The number of anilines is 1. The highest BCUT2D eigenvalue weighted by Crippen LogP contribution is 2.24. The average Bonchev–Trinajstić information content (AvgIpc) is 2.47. The molecule has 1 aliphatic rings. The van der Waals surface area contributed by atoms with Gasteiger partial charge in [-0.1, -0.05) is 19.1 Å². The number of para-hydroxylation sites is 1. The fourth-order valence-corrected chi connectivity index (χ4v) is 3.32. The molecule has 3 rings (SSSR count). The zero-order valence-corrected chi connectivity index (χ0v) is 13.7. The quantitative estimate of drug-likeness (QED) is 0.905. The summed E-state index contributed by atoms with van der Waals surface area (Å²) < 4.78 is 0. The number of aromatic nitrogens is 2. The summed E-state index contributed by atoms with van der Waals surface area (Å²) in [5, 5.41) is 0.920. The number of rotatable bonds is 3. The van der Waals surface area contributed by atoms with E-state index in [-0.39, 0.29) is 12.4 Å². The maximum absolute atomic E-state index is 6.06. The summed E-state index contributed by atoms with van der Waals surface area (Å²) in [5.74, 6) is 1.98. The van der Waals surface area contributed by atoms with Gasteiger partial charge in [0.1, 0.15) is 11.6 Å². The van der Waals surface area contributed by atoms with Crippen LogP contribution >= 0.6 is 12.4 Å². The second-order valence-corrected chi connectivity index (χ2v) is 5.94. The first-order valence-electron chi connectivity index (χ1n) is 7.64. The van der Waals surface area contributed by atoms with E-state index in [4.69, 9.17) is 11.5 Å². The minimum absolute atomic E-state index is 0. The topological polar surface area (TPSA) is 81.1 Å². The molecule has 0 aliphatic carbocycles. The van der Waals surface area contributed by atoms with Crippen molar-refractivity contribution in [1.82, 2.24) is 14.9 Å². The zero-order chi connectivity index (χ0) is 14.8. The first-order chi connectivity index (χ1) is 10.2. The normalized spacial score (nSPS) is 22.5. The van der Waals surface area contributed by atoms with E-state index in [2.05, 4.69) is 21.8 Å². The third-order valence-electron chi connectivity index (χ3n) is 4.50. The predicted octanol–water partition coefficient (Wildman–Crippen LogP) is 2.19. The molecular formula is C16H24ClN5. The highest BCUT2D eigenvalue weighted by Gasteiger charge is 2.27. The Kier molecular flexibility index (Phi) is 5.56. The van der Waals surface area contributed by atoms with E-state index in [9.17, 15) is 0 Å². The highest BCUT2D eigenvalue weighted by molar-refractivity contribution is 5.87. The maximum Gasteiger partial charge on any atom is 0.145 e. The Balaban J connectivity index is 0.00000176. The molecule has 4 N–H and O–H groups in total. The third-order valence-corrected chi connectivity index (χ3v) is 4.50. The average molecular weight is 322 g/mol. The number of nitrogens with two attached hydrogens (primary N) is 2. The number of likely N-dealkylation sites (tertiary alicyclic amines) is 1. The van der Waals surface area contributed by atoms with Crippen LogP contribution in [0, 0.1) is 5.92 Å². The number of hydrogen-bond donors (Lipinski definition) is 2. The van der Waals surface area contributed by atoms with Gasteiger partial charge in [-0.25, -0.2) is 9.97 Å². The summed E-state index contributed by atoms with van der Waals surface area (Å²) in [7, 11) is 0. The fourth-order valence-electron chi connectivity index (χ4n) is 3.32. The lowest BCUT2D eigenvalue weighted by Crippen LogP contribution is -2.48. The Hall–Kier alpha value is -1.43. The number of nitrogens with zero attached hydrogens (tertiary/aromatic N) is 3. The number of piperidine rings is 1. The minimum Gasteiger partial charge on any atom is -0.383 e. The monoisotopic (exact) mass is 321 g/mol. The molecule has 22 heavy (non-hydrogen) atoms. The van der Waals surface area contributed by atoms with Crippen LogP contribution in [0.1, 0.15) is 25.6 Å². The van der Waals surface area contributed by atoms with Crippen LogP contribution in [0.3, 0.4) is 0 Å². The number of halogens is 1. The van der Waals surface area contributed by atoms with Crippen molar-refractivity contribution in [2.24, 2.45) is 11.7 Å². The van der Waals surface area contributed by atoms with Gasteiger partial charge in [0.2, 0.25) is 0 Å². The molecular weight excluding hydrogens is 298 g/mol. The first-order valence-corrected chi connectivity index (χ1v) is 7.64. The van der Waals surface area contributed by atoms with Crippen molar-refractivity contribution < 1.29 is 0 Å². The van der Waals surface area contributed by atoms with Gasteiger partial charge in [0.25, 0.3) is 0 Å². The number of benzene rings is 1. The van der Waals surface area contributed by atoms with Gasteiger partial charge in [0.15, 0.2) is 0 Å². The molecule has 0 amide bonds. The summed E-state index contributed by atoms with van der Waals surface area (Å²) in [4.78, 5) is 11.5. The second kappa shape index (κ2) is 7.22. The molecule has 0 radical (unpaired) electrons. The van der Waals surface area contributed by atoms with Crippen LogP contribution in [0.15, 0.2) is 24.3 Å². The van der Waals surface area contributed by atoms with Gasteiger partial charge < -0.3 is 11.5 Å². The summed E-state index contributed by atoms with van der Waals surface area (Å²) in [6.45, 7) is 4.74. The third kappa shape index (κ3) is 3.32. The van der Waals surface area contributed by atoms with Crippen LogP contribution < -0.4 is 11.5 Å². The molecule has 2 heterocycles. The second-order valence-electron chi connectivity index (χ2n) is 5.94. The molecule has 1 saturated heterocycles. The Bertz CT molecular complexity index is 633. The van der Waals surface area contributed by atoms with E-state index in [1.54, 1.807) is 0 Å². The lowest BCUT2D eigenvalue weighted by Gasteiger charge is -2.39. The zero-order valence-electron chi connectivity index (χ0n) is 12.9. The Morgan fingerprint density at radius 2 is 2.05 bits per heavy atom. The van der Waals surface area contributed by atoms with E-state index in [1.807, 2.05) is 24.3 Å². The van der Waals surface area contributed by atoms with E-state index >= 15 is 0 Å². The molecule has 0 bridgehead atoms. The van der Waals surface area contributed by atoms with Crippen molar-refractivity contribution in [3.8, 4) is 0 Å². The minimum atomic E-state index is 0. The Morgan fingerprint density at radius 3 is 2.82 bits per heavy atom. The molecule has 5 nitrogen and oxygen atoms in total. The summed E-state index contributed by atoms with van der Waals surface area (Å²) in [5.41, 5.74) is 12.9. The lowest BCUT2D eigenvalue weighted by atomic mass is 9.91. The van der Waals surface area contributed by atoms with Crippen molar-refractivity contribution in [3.05, 3.63) is 30.1 Å². The van der Waals surface area contributed by atoms with E-state index in [0.717, 1.165) is 29.8 Å². The van der Waals surface area contributed by atoms with Gasteiger partial charge in [-0.3, -0.25) is 4.90 Å². The van der Waals surface area contributed by atoms with E-state index in [1.165, 1.54) is 12.8 Å². The van der Waals surface area contributed by atoms with Crippen molar-refractivity contribution in [2.75, 3.05) is 18.8 Å². The molecule has 0 spiro atoms. The van der Waals surface area contributed by atoms with Crippen LogP contribution in [0.4, 0.5) is 5.82 Å². The van der Waals surface area contributed by atoms with Gasteiger partial charge in [-0.05, 0) is 37.4 Å². The van der Waals surface area contributed by atoms with Crippen LogP contribution in [-0.2, 0) is 6.54 Å². The molecule has 2 atom stereocenters. The van der Waals surface area contributed by atoms with Gasteiger partial charge in [0, 0.05) is 18.0 Å². The fraction of sp³-hybridized carbons (Fsp3) is 0.500. The summed E-state index contributed by atoms with van der Waals surface area (Å²) in [6, 6.07) is 8.29. The molecule has 1 aliphatic heterocycles. The SMILES string of the molecule is CC1CCCN(Cc2nc(N)c3ccccc3n2)C1CN.Cl. The van der Waals surface area contributed by atoms with Crippen molar-refractivity contribution in [1.29, 1.82) is 0 Å². The van der Waals surface area contributed by atoms with Gasteiger partial charge in [-0.15, -0.1) is 12.4 Å². The number of nitrogen functional groups attached to an aromatic ring is 1. The summed E-state index contributed by atoms with van der Waals surface area (Å²) in [6.07, 6.45) is 2.46. The maximum atomic E-state index is 6.06. The molecule has 0 saturated carbocycles. The van der Waals surface area contributed by atoms with Crippen molar-refractivity contribution >= 4 is 29.1 Å².